The first-order valence-corrected chi connectivity index (χ1v) is 6.51. The third-order valence-electron chi connectivity index (χ3n) is 2.65. The molecule has 0 spiro atoms. The van der Waals surface area contributed by atoms with Crippen LogP contribution >= 0.6 is 15.9 Å². The molecule has 0 amide bonds. The van der Waals surface area contributed by atoms with Gasteiger partial charge in [0.05, 0.1) is 0 Å². The van der Waals surface area contributed by atoms with E-state index in [1.54, 1.807) is 13.2 Å². The van der Waals surface area contributed by atoms with E-state index in [-0.39, 0.29) is 11.9 Å². The summed E-state index contributed by atoms with van der Waals surface area (Å²) in [5.74, 6) is 0.236. The Bertz CT molecular complexity index is 359. The molecule has 0 aliphatic carbocycles. The van der Waals surface area contributed by atoms with Crippen molar-refractivity contribution in [2.75, 3.05) is 20.3 Å². The molecule has 0 aromatic heterocycles. The van der Waals surface area contributed by atoms with Gasteiger partial charge in [-0.1, -0.05) is 28.9 Å². The zero-order valence-electron chi connectivity index (χ0n) is 10.5. The van der Waals surface area contributed by atoms with Crippen molar-refractivity contribution in [3.63, 3.8) is 0 Å². The zero-order chi connectivity index (χ0) is 12.8. The van der Waals surface area contributed by atoms with Gasteiger partial charge in [-0.15, -0.1) is 0 Å². The van der Waals surface area contributed by atoms with Crippen LogP contribution in [0, 0.1) is 11.7 Å². The van der Waals surface area contributed by atoms with Crippen molar-refractivity contribution in [2.45, 2.75) is 19.9 Å². The first kappa shape index (κ1) is 14.6. The van der Waals surface area contributed by atoms with Crippen LogP contribution in [0.3, 0.4) is 0 Å². The minimum Gasteiger partial charge on any atom is -0.384 e. The average molecular weight is 304 g/mol. The predicted molar refractivity (Wildman–Crippen MR) is 71.6 cm³/mol. The SMILES string of the molecule is COCC(C)CNC(C)c1ccc(Br)cc1F. The van der Waals surface area contributed by atoms with E-state index in [1.165, 1.54) is 6.07 Å². The van der Waals surface area contributed by atoms with Crippen molar-refractivity contribution >= 4 is 15.9 Å². The molecule has 0 saturated heterocycles. The number of benzene rings is 1. The second-order valence-electron chi connectivity index (χ2n) is 4.36. The Morgan fingerprint density at radius 3 is 2.71 bits per heavy atom. The van der Waals surface area contributed by atoms with Gasteiger partial charge in [-0.3, -0.25) is 0 Å². The minimum atomic E-state index is -0.182. The fourth-order valence-electron chi connectivity index (χ4n) is 1.68. The fourth-order valence-corrected chi connectivity index (χ4v) is 2.02. The van der Waals surface area contributed by atoms with Crippen LogP contribution in [0.2, 0.25) is 0 Å². The second-order valence-corrected chi connectivity index (χ2v) is 5.27. The highest BCUT2D eigenvalue weighted by molar-refractivity contribution is 9.10. The van der Waals surface area contributed by atoms with E-state index in [0.717, 1.165) is 11.0 Å². The summed E-state index contributed by atoms with van der Waals surface area (Å²) in [7, 11) is 1.69. The molecule has 0 saturated carbocycles. The maximum atomic E-state index is 13.7. The molecule has 17 heavy (non-hydrogen) atoms. The fraction of sp³-hybridized carbons (Fsp3) is 0.538. The summed E-state index contributed by atoms with van der Waals surface area (Å²) in [4.78, 5) is 0. The average Bonchev–Trinajstić information content (AvgIpc) is 2.26. The number of ether oxygens (including phenoxy) is 1. The number of nitrogens with one attached hydrogen (secondary N) is 1. The van der Waals surface area contributed by atoms with Gasteiger partial charge in [-0.25, -0.2) is 4.39 Å². The highest BCUT2D eigenvalue weighted by atomic mass is 79.9. The van der Waals surface area contributed by atoms with Gasteiger partial charge < -0.3 is 10.1 Å². The minimum absolute atomic E-state index is 0.00223. The van der Waals surface area contributed by atoms with Crippen LogP contribution in [0.5, 0.6) is 0 Å². The van der Waals surface area contributed by atoms with Crippen LogP contribution in [0.1, 0.15) is 25.5 Å². The van der Waals surface area contributed by atoms with Gasteiger partial charge in [0.2, 0.25) is 0 Å². The zero-order valence-corrected chi connectivity index (χ0v) is 12.1. The topological polar surface area (TPSA) is 21.3 Å². The van der Waals surface area contributed by atoms with Crippen LogP contribution < -0.4 is 5.32 Å². The van der Waals surface area contributed by atoms with E-state index < -0.39 is 0 Å². The lowest BCUT2D eigenvalue weighted by Gasteiger charge is -2.18. The molecule has 1 N–H and O–H groups in total. The molecule has 2 nitrogen and oxygen atoms in total. The molecular formula is C13H19BrFNO. The summed E-state index contributed by atoms with van der Waals surface area (Å²) < 4.78 is 19.5. The van der Waals surface area contributed by atoms with E-state index in [2.05, 4.69) is 28.2 Å². The molecule has 0 aliphatic heterocycles. The Morgan fingerprint density at radius 1 is 1.41 bits per heavy atom. The maximum Gasteiger partial charge on any atom is 0.129 e. The van der Waals surface area contributed by atoms with Crippen molar-refractivity contribution in [2.24, 2.45) is 5.92 Å². The smallest absolute Gasteiger partial charge is 0.129 e. The third kappa shape index (κ3) is 4.74. The molecule has 2 atom stereocenters. The Hall–Kier alpha value is -0.450. The summed E-state index contributed by atoms with van der Waals surface area (Å²) in [5.41, 5.74) is 0.692. The molecule has 96 valence electrons. The lowest BCUT2D eigenvalue weighted by molar-refractivity contribution is 0.157. The number of hydrogen-bond acceptors (Lipinski definition) is 2. The van der Waals surface area contributed by atoms with Crippen LogP contribution in [-0.4, -0.2) is 20.3 Å². The standard InChI is InChI=1S/C13H19BrFNO/c1-9(8-17-3)7-16-10(2)12-5-4-11(14)6-13(12)15/h4-6,9-10,16H,7-8H2,1-3H3. The van der Waals surface area contributed by atoms with Crippen molar-refractivity contribution in [3.8, 4) is 0 Å². The van der Waals surface area contributed by atoms with E-state index in [0.29, 0.717) is 18.1 Å². The van der Waals surface area contributed by atoms with Crippen molar-refractivity contribution in [1.29, 1.82) is 0 Å². The Balaban J connectivity index is 2.54. The van der Waals surface area contributed by atoms with Crippen molar-refractivity contribution in [3.05, 3.63) is 34.1 Å². The number of rotatable bonds is 6. The first-order valence-electron chi connectivity index (χ1n) is 5.72. The molecule has 0 aliphatic rings. The monoisotopic (exact) mass is 303 g/mol. The molecule has 0 fully saturated rings. The highest BCUT2D eigenvalue weighted by Gasteiger charge is 2.11. The van der Waals surface area contributed by atoms with Gasteiger partial charge >= 0.3 is 0 Å². The van der Waals surface area contributed by atoms with Gasteiger partial charge in [-0.2, -0.15) is 0 Å². The highest BCUT2D eigenvalue weighted by Crippen LogP contribution is 2.20. The van der Waals surface area contributed by atoms with Crippen LogP contribution in [0.25, 0.3) is 0 Å². The molecule has 1 rings (SSSR count). The number of hydrogen-bond donors (Lipinski definition) is 1. The van der Waals surface area contributed by atoms with E-state index in [1.807, 2.05) is 13.0 Å². The second kappa shape index (κ2) is 7.09. The molecule has 0 bridgehead atoms. The quantitative estimate of drug-likeness (QED) is 0.868. The van der Waals surface area contributed by atoms with E-state index >= 15 is 0 Å². The summed E-state index contributed by atoms with van der Waals surface area (Å²) in [6, 6.07) is 5.15. The van der Waals surface area contributed by atoms with Crippen LogP contribution in [0.15, 0.2) is 22.7 Å². The maximum absolute atomic E-state index is 13.7. The van der Waals surface area contributed by atoms with Gasteiger partial charge in [0.15, 0.2) is 0 Å². The van der Waals surface area contributed by atoms with Crippen molar-refractivity contribution < 1.29 is 9.13 Å². The molecule has 4 heteroatoms. The largest absolute Gasteiger partial charge is 0.384 e. The summed E-state index contributed by atoms with van der Waals surface area (Å²) >= 11 is 3.25. The lowest BCUT2D eigenvalue weighted by atomic mass is 10.1. The van der Waals surface area contributed by atoms with Gasteiger partial charge in [-0.05, 0) is 25.0 Å². The molecule has 0 heterocycles. The summed E-state index contributed by atoms with van der Waals surface area (Å²) in [5, 5.41) is 3.31. The van der Waals surface area contributed by atoms with Gasteiger partial charge in [0, 0.05) is 36.3 Å². The Kier molecular flexibility index (Phi) is 6.09. The molecule has 1 aromatic rings. The predicted octanol–water partition coefficient (Wildman–Crippen LogP) is 3.52. The summed E-state index contributed by atoms with van der Waals surface area (Å²) in [6.07, 6.45) is 0. The van der Waals surface area contributed by atoms with Crippen LogP contribution in [-0.2, 0) is 4.74 Å². The van der Waals surface area contributed by atoms with Gasteiger partial charge in [0.1, 0.15) is 5.82 Å². The van der Waals surface area contributed by atoms with Crippen LogP contribution in [0.4, 0.5) is 4.39 Å². The lowest BCUT2D eigenvalue weighted by Crippen LogP contribution is -2.27. The number of halogens is 2. The Morgan fingerprint density at radius 2 is 2.12 bits per heavy atom. The van der Waals surface area contributed by atoms with Crippen molar-refractivity contribution in [1.82, 2.24) is 5.32 Å². The third-order valence-corrected chi connectivity index (χ3v) is 3.15. The molecule has 0 radical (unpaired) electrons. The molecule has 1 aromatic carbocycles. The number of methoxy groups -OCH3 is 1. The molecular weight excluding hydrogens is 285 g/mol. The van der Waals surface area contributed by atoms with Gasteiger partial charge in [0.25, 0.3) is 0 Å². The first-order chi connectivity index (χ1) is 8.04. The van der Waals surface area contributed by atoms with E-state index in [4.69, 9.17) is 4.74 Å². The Labute approximate surface area is 111 Å². The van der Waals surface area contributed by atoms with E-state index in [9.17, 15) is 4.39 Å². The normalized spacial score (nSPS) is 14.6. The summed E-state index contributed by atoms with van der Waals surface area (Å²) in [6.45, 7) is 5.58. The molecule has 2 unspecified atom stereocenters.